The quantitative estimate of drug-likeness (QED) is 0.475. The van der Waals surface area contributed by atoms with E-state index in [1.807, 2.05) is 6.07 Å². The molecule has 0 aromatic carbocycles. The summed E-state index contributed by atoms with van der Waals surface area (Å²) in [5, 5.41) is 1.03. The summed E-state index contributed by atoms with van der Waals surface area (Å²) < 4.78 is 0.231. The van der Waals surface area contributed by atoms with E-state index >= 15 is 0 Å². The summed E-state index contributed by atoms with van der Waals surface area (Å²) in [6.07, 6.45) is 3.34. The Bertz CT molecular complexity index is 215. The molecule has 0 N–H and O–H groups in total. The first-order valence-corrected chi connectivity index (χ1v) is 4.34. The summed E-state index contributed by atoms with van der Waals surface area (Å²) in [5.74, 6) is 0. The molecule has 0 saturated carbocycles. The lowest BCUT2D eigenvalue weighted by Crippen LogP contribution is -2.07. The lowest BCUT2D eigenvalue weighted by molar-refractivity contribution is 0.798. The van der Waals surface area contributed by atoms with Gasteiger partial charge in [0.05, 0.1) is 5.03 Å². The molecular weight excluding hydrogens is 156 g/mol. The molecule has 0 fully saturated rings. The fraction of sp³-hybridized carbons (Fsp3) is 0.500. The highest BCUT2D eigenvalue weighted by Gasteiger charge is 2.11. The molecule has 0 saturated heterocycles. The zero-order valence-corrected chi connectivity index (χ0v) is 7.85. The van der Waals surface area contributed by atoms with Crippen molar-refractivity contribution < 1.29 is 0 Å². The van der Waals surface area contributed by atoms with Gasteiger partial charge in [-0.05, 0) is 6.07 Å². The topological polar surface area (TPSA) is 25.8 Å². The number of aromatic nitrogens is 2. The fourth-order valence-electron chi connectivity index (χ4n) is 0.653. The van der Waals surface area contributed by atoms with Crippen molar-refractivity contribution in [1.82, 2.24) is 9.97 Å². The lowest BCUT2D eigenvalue weighted by atomic mass is 10.3. The molecule has 3 heteroatoms. The third kappa shape index (κ3) is 3.37. The second-order valence-corrected chi connectivity index (χ2v) is 5.11. The van der Waals surface area contributed by atoms with Crippen LogP contribution < -0.4 is 0 Å². The molecule has 0 bridgehead atoms. The van der Waals surface area contributed by atoms with Crippen LogP contribution >= 0.6 is 11.8 Å². The minimum Gasteiger partial charge on any atom is -0.245 e. The van der Waals surface area contributed by atoms with Crippen LogP contribution in [0.3, 0.4) is 0 Å². The van der Waals surface area contributed by atoms with Gasteiger partial charge in [-0.1, -0.05) is 20.8 Å². The van der Waals surface area contributed by atoms with Crippen molar-refractivity contribution in [1.29, 1.82) is 0 Å². The van der Waals surface area contributed by atoms with Crippen molar-refractivity contribution in [2.24, 2.45) is 0 Å². The van der Waals surface area contributed by atoms with E-state index in [4.69, 9.17) is 0 Å². The maximum atomic E-state index is 4.12. The third-order valence-corrected chi connectivity index (χ3v) is 2.03. The van der Waals surface area contributed by atoms with Crippen molar-refractivity contribution in [2.75, 3.05) is 0 Å². The molecule has 1 heterocycles. The molecule has 2 nitrogen and oxygen atoms in total. The predicted octanol–water partition coefficient (Wildman–Crippen LogP) is 2.37. The highest BCUT2D eigenvalue weighted by Crippen LogP contribution is 2.29. The Morgan fingerprint density at radius 2 is 2.09 bits per heavy atom. The molecule has 0 unspecified atom stereocenters. The van der Waals surface area contributed by atoms with E-state index in [0.29, 0.717) is 0 Å². The van der Waals surface area contributed by atoms with Gasteiger partial charge in [0.15, 0.2) is 0 Å². The van der Waals surface area contributed by atoms with E-state index in [1.165, 1.54) is 0 Å². The standard InChI is InChI=1S/C8H12N2S/c1-8(2,3)11-7-4-5-9-6-10-7/h4-6H,1-3H3. The minimum absolute atomic E-state index is 0.231. The number of hydrogen-bond acceptors (Lipinski definition) is 3. The van der Waals surface area contributed by atoms with Gasteiger partial charge in [0.2, 0.25) is 0 Å². The molecule has 1 aromatic heterocycles. The Balaban J connectivity index is 2.66. The van der Waals surface area contributed by atoms with Crippen LogP contribution in [-0.4, -0.2) is 14.7 Å². The molecule has 1 aromatic rings. The smallest absolute Gasteiger partial charge is 0.116 e. The second-order valence-electron chi connectivity index (χ2n) is 3.26. The molecule has 0 atom stereocenters. The van der Waals surface area contributed by atoms with Gasteiger partial charge in [-0.3, -0.25) is 0 Å². The Morgan fingerprint density at radius 1 is 1.36 bits per heavy atom. The molecule has 60 valence electrons. The maximum absolute atomic E-state index is 4.12. The van der Waals surface area contributed by atoms with Crippen molar-refractivity contribution in [2.45, 2.75) is 30.5 Å². The van der Waals surface area contributed by atoms with Crippen LogP contribution in [0.2, 0.25) is 0 Å². The summed E-state index contributed by atoms with van der Waals surface area (Å²) in [6, 6.07) is 1.93. The Morgan fingerprint density at radius 3 is 2.55 bits per heavy atom. The normalized spacial score (nSPS) is 11.5. The number of hydrogen-bond donors (Lipinski definition) is 0. The highest BCUT2D eigenvalue weighted by atomic mass is 32.2. The molecule has 0 aliphatic rings. The highest BCUT2D eigenvalue weighted by molar-refractivity contribution is 8.00. The summed E-state index contributed by atoms with van der Waals surface area (Å²) in [4.78, 5) is 7.97. The van der Waals surface area contributed by atoms with Crippen molar-refractivity contribution in [3.63, 3.8) is 0 Å². The summed E-state index contributed by atoms with van der Waals surface area (Å²) in [7, 11) is 0. The molecular formula is C8H12N2S. The first kappa shape index (κ1) is 8.53. The summed E-state index contributed by atoms with van der Waals surface area (Å²) >= 11 is 1.75. The molecule has 0 aliphatic heterocycles. The fourth-order valence-corrected chi connectivity index (χ4v) is 1.51. The van der Waals surface area contributed by atoms with Gasteiger partial charge in [-0.2, -0.15) is 0 Å². The van der Waals surface area contributed by atoms with E-state index in [9.17, 15) is 0 Å². The first-order chi connectivity index (χ1) is 5.08. The number of rotatable bonds is 1. The Hall–Kier alpha value is -0.570. The minimum atomic E-state index is 0.231. The van der Waals surface area contributed by atoms with Gasteiger partial charge in [0.1, 0.15) is 6.33 Å². The average Bonchev–Trinajstić information content (AvgIpc) is 1.85. The monoisotopic (exact) mass is 168 g/mol. The van der Waals surface area contributed by atoms with Gasteiger partial charge in [-0.15, -0.1) is 11.8 Å². The van der Waals surface area contributed by atoms with Gasteiger partial charge in [0.25, 0.3) is 0 Å². The predicted molar refractivity (Wildman–Crippen MR) is 47.6 cm³/mol. The van der Waals surface area contributed by atoms with Gasteiger partial charge in [0, 0.05) is 10.9 Å². The van der Waals surface area contributed by atoms with Crippen molar-refractivity contribution in [3.05, 3.63) is 18.6 Å². The lowest BCUT2D eigenvalue weighted by Gasteiger charge is -2.15. The zero-order valence-electron chi connectivity index (χ0n) is 7.03. The molecule has 11 heavy (non-hydrogen) atoms. The van der Waals surface area contributed by atoms with E-state index < -0.39 is 0 Å². The van der Waals surface area contributed by atoms with Crippen LogP contribution in [0.4, 0.5) is 0 Å². The van der Waals surface area contributed by atoms with Crippen LogP contribution in [0.15, 0.2) is 23.6 Å². The van der Waals surface area contributed by atoms with Crippen LogP contribution in [0, 0.1) is 0 Å². The van der Waals surface area contributed by atoms with E-state index in [-0.39, 0.29) is 4.75 Å². The number of nitrogens with zero attached hydrogens (tertiary/aromatic N) is 2. The summed E-state index contributed by atoms with van der Waals surface area (Å²) in [6.45, 7) is 6.50. The van der Waals surface area contributed by atoms with Gasteiger partial charge >= 0.3 is 0 Å². The van der Waals surface area contributed by atoms with Gasteiger partial charge in [-0.25, -0.2) is 9.97 Å². The van der Waals surface area contributed by atoms with Gasteiger partial charge < -0.3 is 0 Å². The maximum Gasteiger partial charge on any atom is 0.116 e. The molecule has 1 rings (SSSR count). The molecule has 0 radical (unpaired) electrons. The largest absolute Gasteiger partial charge is 0.245 e. The van der Waals surface area contributed by atoms with Crippen LogP contribution in [0.5, 0.6) is 0 Å². The average molecular weight is 168 g/mol. The third-order valence-electron chi connectivity index (χ3n) is 0.966. The Kier molecular flexibility index (Phi) is 2.49. The first-order valence-electron chi connectivity index (χ1n) is 3.53. The van der Waals surface area contributed by atoms with E-state index in [0.717, 1.165) is 5.03 Å². The molecule has 0 spiro atoms. The Labute approximate surface area is 71.5 Å². The zero-order chi connectivity index (χ0) is 8.32. The molecule has 0 amide bonds. The van der Waals surface area contributed by atoms with Crippen LogP contribution in [-0.2, 0) is 0 Å². The van der Waals surface area contributed by atoms with Crippen molar-refractivity contribution in [3.8, 4) is 0 Å². The van der Waals surface area contributed by atoms with E-state index in [1.54, 1.807) is 24.3 Å². The van der Waals surface area contributed by atoms with Crippen LogP contribution in [0.1, 0.15) is 20.8 Å². The van der Waals surface area contributed by atoms with E-state index in [2.05, 4.69) is 30.7 Å². The SMILES string of the molecule is CC(C)(C)Sc1ccncn1. The van der Waals surface area contributed by atoms with Crippen molar-refractivity contribution >= 4 is 11.8 Å². The second kappa shape index (κ2) is 3.22. The van der Waals surface area contributed by atoms with Crippen LogP contribution in [0.25, 0.3) is 0 Å². The summed E-state index contributed by atoms with van der Waals surface area (Å²) in [5.41, 5.74) is 0. The molecule has 0 aliphatic carbocycles. The number of thioether (sulfide) groups is 1.